The van der Waals surface area contributed by atoms with E-state index < -0.39 is 0 Å². The zero-order chi connectivity index (χ0) is 13.8. The van der Waals surface area contributed by atoms with Crippen LogP contribution < -0.4 is 24.8 Å². The van der Waals surface area contributed by atoms with Crippen molar-refractivity contribution in [2.45, 2.75) is 52.9 Å². The van der Waals surface area contributed by atoms with E-state index in [-0.39, 0.29) is 24.8 Å². The van der Waals surface area contributed by atoms with Crippen LogP contribution in [0.3, 0.4) is 0 Å². The normalized spacial score (nSPS) is 14.3. The Kier molecular flexibility index (Phi) is 22.3. The summed E-state index contributed by atoms with van der Waals surface area (Å²) in [5, 5.41) is 0. The molecule has 0 aliphatic heterocycles. The number of halogens is 2. The second-order valence-corrected chi connectivity index (χ2v) is 3.98. The molecule has 4 heteroatoms. The molecule has 0 heterocycles. The van der Waals surface area contributed by atoms with Crippen molar-refractivity contribution in [3.63, 3.8) is 0 Å². The first-order valence-corrected chi connectivity index (χ1v) is 10.7. The fourth-order valence-corrected chi connectivity index (χ4v) is 2.12. The van der Waals surface area contributed by atoms with E-state index in [1.54, 1.807) is 11.1 Å². The average molecular weight is 363 g/mol. The maximum atomic E-state index is 3.45. The molecule has 112 valence electrons. The Morgan fingerprint density at radius 1 is 1.10 bits per heavy atom. The molecule has 0 unspecified atom stereocenters. The van der Waals surface area contributed by atoms with Crippen LogP contribution in [-0.4, -0.2) is 7.63 Å². The molecule has 0 atom stereocenters. The fourth-order valence-electron chi connectivity index (χ4n) is 2.12. The van der Waals surface area contributed by atoms with Gasteiger partial charge in [0.15, 0.2) is 0 Å². The van der Waals surface area contributed by atoms with Gasteiger partial charge in [-0.15, -0.1) is 12.8 Å². The number of rotatable bonds is 3. The van der Waals surface area contributed by atoms with E-state index in [4.69, 9.17) is 0 Å². The summed E-state index contributed by atoms with van der Waals surface area (Å²) in [7, 11) is 1.86. The molecule has 0 fully saturated rings. The van der Waals surface area contributed by atoms with E-state index in [0.717, 1.165) is 19.3 Å². The molecule has 0 aromatic rings. The average Bonchev–Trinajstić information content (AvgIpc) is 3.12. The predicted octanol–water partition coefficient (Wildman–Crippen LogP) is -1.96. The van der Waals surface area contributed by atoms with Gasteiger partial charge in [-0.25, -0.2) is 17.7 Å². The zero-order valence-electron chi connectivity index (χ0n) is 12.7. The third-order valence-corrected chi connectivity index (χ3v) is 3.03. The van der Waals surface area contributed by atoms with Crippen molar-refractivity contribution in [3.8, 4) is 0 Å². The molecule has 0 aromatic heterocycles. The summed E-state index contributed by atoms with van der Waals surface area (Å²) in [6.45, 7) is 6.70. The van der Waals surface area contributed by atoms with Crippen LogP contribution in [0, 0.1) is 12.2 Å². The first-order valence-electron chi connectivity index (χ1n) is 6.71. The van der Waals surface area contributed by atoms with Crippen LogP contribution in [0.4, 0.5) is 0 Å². The first kappa shape index (κ1) is 25.4. The minimum absolute atomic E-state index is 0. The Labute approximate surface area is 151 Å². The Morgan fingerprint density at radius 2 is 1.75 bits per heavy atom. The molecule has 0 spiro atoms. The fraction of sp³-hybridized carbons (Fsp3) is 0.500. The third-order valence-electron chi connectivity index (χ3n) is 3.03. The van der Waals surface area contributed by atoms with Gasteiger partial charge in [0.25, 0.3) is 0 Å². The topological polar surface area (TPSA) is 0 Å². The van der Waals surface area contributed by atoms with Crippen LogP contribution in [0.25, 0.3) is 0 Å². The van der Waals surface area contributed by atoms with E-state index in [1.165, 1.54) is 18.4 Å². The summed E-state index contributed by atoms with van der Waals surface area (Å²) in [4.78, 5) is 0. The standard InChI is InChI=1S/C11H17.C5H5.2ClH.H2Si.Ti/c1-4-9-7-8-10(5-2)11(9)6-3;1-2-4-5-3-1;;;;/h4-7H2,1-3H3;1-3H,4H2;2*1H;1H2;/q2*-1;;;;+2/p-2. The summed E-state index contributed by atoms with van der Waals surface area (Å²) in [6.07, 6.45) is 18.1. The summed E-state index contributed by atoms with van der Waals surface area (Å²) in [5.41, 5.74) is 4.68. The van der Waals surface area contributed by atoms with Crippen LogP contribution in [0.1, 0.15) is 52.9 Å². The van der Waals surface area contributed by atoms with Crippen molar-refractivity contribution in [2.75, 3.05) is 0 Å². The predicted molar refractivity (Wildman–Crippen MR) is 79.4 cm³/mol. The monoisotopic (exact) mass is 362 g/mol. The minimum atomic E-state index is 0. The van der Waals surface area contributed by atoms with Gasteiger partial charge in [-0.2, -0.15) is 17.2 Å². The molecule has 2 rings (SSSR count). The quantitative estimate of drug-likeness (QED) is 0.404. The van der Waals surface area contributed by atoms with Crippen LogP contribution >= 0.6 is 0 Å². The Bertz CT molecular complexity index is 347. The van der Waals surface area contributed by atoms with E-state index in [9.17, 15) is 0 Å². The Hall–Kier alpha value is 0.471. The van der Waals surface area contributed by atoms with E-state index in [2.05, 4.69) is 39.0 Å². The molecule has 2 aliphatic carbocycles. The van der Waals surface area contributed by atoms with E-state index >= 15 is 0 Å². The zero-order valence-corrected chi connectivity index (χ0v) is 17.2. The molecule has 2 aliphatic rings. The van der Waals surface area contributed by atoms with E-state index in [0.29, 0.717) is 0 Å². The Morgan fingerprint density at radius 3 is 2.05 bits per heavy atom. The van der Waals surface area contributed by atoms with Crippen molar-refractivity contribution < 1.29 is 44.0 Å². The van der Waals surface area contributed by atoms with Crippen molar-refractivity contribution in [3.05, 3.63) is 47.1 Å². The SMILES string of the molecule is CCC1=[C-]CC(CC)=C1CC.[C-]1=CC=CC1.[Cl-].[Cl-].[SiH2]=[Ti+2]. The van der Waals surface area contributed by atoms with Crippen LogP contribution in [-0.2, 0) is 19.2 Å². The van der Waals surface area contributed by atoms with E-state index in [1.807, 2.05) is 39.0 Å². The summed E-state index contributed by atoms with van der Waals surface area (Å²) in [5.74, 6) is 0. The summed E-state index contributed by atoms with van der Waals surface area (Å²) < 4.78 is 0. The molecule has 0 N–H and O–H groups in total. The van der Waals surface area contributed by atoms with Crippen molar-refractivity contribution in [2.24, 2.45) is 0 Å². The van der Waals surface area contributed by atoms with Gasteiger partial charge in [0, 0.05) is 0 Å². The molecule has 0 radical (unpaired) electrons. The van der Waals surface area contributed by atoms with Crippen molar-refractivity contribution >= 4 is 7.63 Å². The first-order chi connectivity index (χ1) is 8.83. The summed E-state index contributed by atoms with van der Waals surface area (Å²) in [6, 6.07) is 0. The van der Waals surface area contributed by atoms with Crippen LogP contribution in [0.2, 0.25) is 0 Å². The van der Waals surface area contributed by atoms with Crippen molar-refractivity contribution in [1.29, 1.82) is 0 Å². The van der Waals surface area contributed by atoms with Gasteiger partial charge in [-0.05, 0) is 0 Å². The summed E-state index contributed by atoms with van der Waals surface area (Å²) >= 11 is 2.03. The van der Waals surface area contributed by atoms with Gasteiger partial charge in [-0.1, -0.05) is 40.0 Å². The number of hydrogen-bond acceptors (Lipinski definition) is 0. The molecule has 0 bridgehead atoms. The van der Waals surface area contributed by atoms with Gasteiger partial charge in [0.05, 0.1) is 0 Å². The molecular formula is C16H24Cl2SiTi-2. The maximum absolute atomic E-state index is 3.45. The molecule has 0 aromatic carbocycles. The molecule has 0 saturated heterocycles. The van der Waals surface area contributed by atoms with Gasteiger partial charge in [-0.3, -0.25) is 12.2 Å². The molecule has 0 saturated carbocycles. The van der Waals surface area contributed by atoms with Gasteiger partial charge in [0.2, 0.25) is 0 Å². The Balaban J connectivity index is -0.000000274. The number of hydrogen-bond donors (Lipinski definition) is 0. The molecule has 20 heavy (non-hydrogen) atoms. The molecule has 0 nitrogen and oxygen atoms in total. The van der Waals surface area contributed by atoms with Gasteiger partial charge < -0.3 is 24.8 Å². The van der Waals surface area contributed by atoms with Crippen LogP contribution in [0.5, 0.6) is 0 Å². The van der Waals surface area contributed by atoms with Crippen molar-refractivity contribution in [1.82, 2.24) is 0 Å². The van der Waals surface area contributed by atoms with Gasteiger partial charge >= 0.3 is 26.8 Å². The second kappa shape index (κ2) is 17.5. The third kappa shape index (κ3) is 9.42. The molecule has 0 amide bonds. The molecular weight excluding hydrogens is 339 g/mol. The van der Waals surface area contributed by atoms with Gasteiger partial charge in [0.1, 0.15) is 0 Å². The van der Waals surface area contributed by atoms with Crippen LogP contribution in [0.15, 0.2) is 34.9 Å². The number of allylic oxidation sites excluding steroid dienone is 8. The second-order valence-electron chi connectivity index (χ2n) is 3.98.